The lowest BCUT2D eigenvalue weighted by atomic mass is 10.2. The van der Waals surface area contributed by atoms with Crippen LogP contribution in [0.3, 0.4) is 0 Å². The summed E-state index contributed by atoms with van der Waals surface area (Å²) in [4.78, 5) is 24.6. The molecule has 6 nitrogen and oxygen atoms in total. The SMILES string of the molecule is C=C(C)C(=O)OCCNC(=O)OC(COc1ccc(CC)cc1)CSc1ccc(Cl)cc1. The topological polar surface area (TPSA) is 73.9 Å². The van der Waals surface area contributed by atoms with Crippen molar-refractivity contribution >= 4 is 35.4 Å². The number of rotatable bonds is 12. The molecule has 1 unspecified atom stereocenters. The zero-order valence-electron chi connectivity index (χ0n) is 18.3. The number of nitrogens with one attached hydrogen (secondary N) is 1. The maximum Gasteiger partial charge on any atom is 0.407 e. The molecule has 2 aromatic rings. The first-order valence-corrected chi connectivity index (χ1v) is 11.6. The summed E-state index contributed by atoms with van der Waals surface area (Å²) >= 11 is 7.47. The van der Waals surface area contributed by atoms with Gasteiger partial charge >= 0.3 is 12.1 Å². The van der Waals surface area contributed by atoms with Crippen LogP contribution in [0, 0.1) is 0 Å². The highest BCUT2D eigenvalue weighted by Gasteiger charge is 2.16. The minimum Gasteiger partial charge on any atom is -0.490 e. The summed E-state index contributed by atoms with van der Waals surface area (Å²) in [6.07, 6.45) is -0.159. The fraction of sp³-hybridized carbons (Fsp3) is 0.333. The predicted octanol–water partition coefficient (Wildman–Crippen LogP) is 5.29. The molecule has 0 saturated heterocycles. The number of carbonyl (C=O) groups excluding carboxylic acids is 2. The Morgan fingerprint density at radius 3 is 2.44 bits per heavy atom. The second-order valence-electron chi connectivity index (χ2n) is 6.94. The number of hydrogen-bond donors (Lipinski definition) is 1. The highest BCUT2D eigenvalue weighted by atomic mass is 35.5. The van der Waals surface area contributed by atoms with Crippen molar-refractivity contribution in [3.63, 3.8) is 0 Å². The van der Waals surface area contributed by atoms with E-state index in [4.69, 9.17) is 25.8 Å². The standard InChI is InChI=1S/C24H28ClNO5S/c1-4-18-5-9-20(10-6-18)30-15-21(16-32-22-11-7-19(25)8-12-22)31-24(28)26-13-14-29-23(27)17(2)3/h5-12,21H,2,4,13-16H2,1,3H3,(H,26,28). The fourth-order valence-corrected chi connectivity index (χ4v) is 3.46. The molecule has 0 spiro atoms. The summed E-state index contributed by atoms with van der Waals surface area (Å²) in [5.41, 5.74) is 1.52. The average Bonchev–Trinajstić information content (AvgIpc) is 2.79. The third-order valence-electron chi connectivity index (χ3n) is 4.24. The largest absolute Gasteiger partial charge is 0.490 e. The van der Waals surface area contributed by atoms with Crippen molar-refractivity contribution in [2.45, 2.75) is 31.3 Å². The van der Waals surface area contributed by atoms with E-state index in [1.54, 1.807) is 6.92 Å². The van der Waals surface area contributed by atoms with Crippen molar-refractivity contribution in [1.82, 2.24) is 5.32 Å². The lowest BCUT2D eigenvalue weighted by Crippen LogP contribution is -2.35. The van der Waals surface area contributed by atoms with E-state index in [0.717, 1.165) is 11.3 Å². The molecule has 2 aromatic carbocycles. The summed E-state index contributed by atoms with van der Waals surface area (Å²) in [6, 6.07) is 15.2. The van der Waals surface area contributed by atoms with Crippen LogP contribution in [-0.2, 0) is 20.7 Å². The molecule has 0 heterocycles. The minimum atomic E-state index is -0.608. The van der Waals surface area contributed by atoms with E-state index in [1.165, 1.54) is 17.3 Å². The van der Waals surface area contributed by atoms with Gasteiger partial charge < -0.3 is 19.5 Å². The molecule has 0 aromatic heterocycles. The molecule has 0 radical (unpaired) electrons. The van der Waals surface area contributed by atoms with Crippen LogP contribution in [0.5, 0.6) is 5.75 Å². The van der Waals surface area contributed by atoms with Gasteiger partial charge in [0.2, 0.25) is 0 Å². The van der Waals surface area contributed by atoms with Gasteiger partial charge in [0.1, 0.15) is 25.1 Å². The smallest absolute Gasteiger partial charge is 0.407 e. The van der Waals surface area contributed by atoms with Crippen LogP contribution in [0.1, 0.15) is 19.4 Å². The van der Waals surface area contributed by atoms with Gasteiger partial charge in [-0.05, 0) is 55.3 Å². The molecule has 0 bridgehead atoms. The number of ether oxygens (including phenoxy) is 3. The average molecular weight is 478 g/mol. The molecule has 0 saturated carbocycles. The van der Waals surface area contributed by atoms with E-state index in [9.17, 15) is 9.59 Å². The zero-order valence-corrected chi connectivity index (χ0v) is 19.8. The predicted molar refractivity (Wildman–Crippen MR) is 128 cm³/mol. The van der Waals surface area contributed by atoms with Crippen LogP contribution in [-0.4, -0.2) is 43.7 Å². The molecule has 0 aliphatic carbocycles. The van der Waals surface area contributed by atoms with E-state index >= 15 is 0 Å². The molecular formula is C24H28ClNO5S. The van der Waals surface area contributed by atoms with Crippen molar-refractivity contribution in [2.24, 2.45) is 0 Å². The van der Waals surface area contributed by atoms with Crippen LogP contribution < -0.4 is 10.1 Å². The summed E-state index contributed by atoms with van der Waals surface area (Å²) in [7, 11) is 0. The normalized spacial score (nSPS) is 11.3. The summed E-state index contributed by atoms with van der Waals surface area (Å²) in [5.74, 6) is 0.700. The molecule has 0 aliphatic heterocycles. The first-order valence-electron chi connectivity index (χ1n) is 10.2. The monoisotopic (exact) mass is 477 g/mol. The summed E-state index contributed by atoms with van der Waals surface area (Å²) in [5, 5.41) is 3.24. The number of esters is 1. The molecule has 1 amide bonds. The second-order valence-corrected chi connectivity index (χ2v) is 8.47. The Morgan fingerprint density at radius 2 is 1.81 bits per heavy atom. The minimum absolute atomic E-state index is 0.0330. The Bertz CT molecular complexity index is 886. The van der Waals surface area contributed by atoms with E-state index in [-0.39, 0.29) is 19.8 Å². The quantitative estimate of drug-likeness (QED) is 0.194. The van der Waals surface area contributed by atoms with Crippen molar-refractivity contribution in [3.8, 4) is 5.75 Å². The Kier molecular flexibility index (Phi) is 11.0. The first kappa shape index (κ1) is 25.6. The molecule has 172 valence electrons. The molecule has 32 heavy (non-hydrogen) atoms. The van der Waals surface area contributed by atoms with Gasteiger partial charge in [-0.25, -0.2) is 9.59 Å². The van der Waals surface area contributed by atoms with Gasteiger partial charge in [-0.1, -0.05) is 37.2 Å². The molecular weight excluding hydrogens is 450 g/mol. The molecule has 1 atom stereocenters. The lowest BCUT2D eigenvalue weighted by molar-refractivity contribution is -0.138. The Morgan fingerprint density at radius 1 is 1.12 bits per heavy atom. The van der Waals surface area contributed by atoms with E-state index in [2.05, 4.69) is 18.8 Å². The number of benzene rings is 2. The number of thioether (sulfide) groups is 1. The molecule has 0 aliphatic rings. The van der Waals surface area contributed by atoms with Crippen LogP contribution in [0.2, 0.25) is 5.02 Å². The number of hydrogen-bond acceptors (Lipinski definition) is 6. The van der Waals surface area contributed by atoms with Crippen LogP contribution in [0.15, 0.2) is 65.6 Å². The number of amides is 1. The third-order valence-corrected chi connectivity index (χ3v) is 5.64. The Labute approximate surface area is 198 Å². The van der Waals surface area contributed by atoms with E-state index in [1.807, 2.05) is 48.5 Å². The number of halogens is 1. The highest BCUT2D eigenvalue weighted by Crippen LogP contribution is 2.22. The third kappa shape index (κ3) is 9.66. The van der Waals surface area contributed by atoms with Crippen LogP contribution >= 0.6 is 23.4 Å². The van der Waals surface area contributed by atoms with E-state index < -0.39 is 18.2 Å². The van der Waals surface area contributed by atoms with Crippen LogP contribution in [0.4, 0.5) is 4.79 Å². The van der Waals surface area contributed by atoms with Crippen molar-refractivity contribution < 1.29 is 23.8 Å². The van der Waals surface area contributed by atoms with Gasteiger partial charge in [0.15, 0.2) is 0 Å². The molecule has 1 N–H and O–H groups in total. The molecule has 2 rings (SSSR count). The number of alkyl carbamates (subject to hydrolysis) is 1. The lowest BCUT2D eigenvalue weighted by Gasteiger charge is -2.19. The van der Waals surface area contributed by atoms with Crippen molar-refractivity contribution in [2.75, 3.05) is 25.5 Å². The number of carbonyl (C=O) groups is 2. The first-order chi connectivity index (χ1) is 15.4. The highest BCUT2D eigenvalue weighted by molar-refractivity contribution is 7.99. The van der Waals surface area contributed by atoms with E-state index in [0.29, 0.717) is 22.1 Å². The maximum atomic E-state index is 12.2. The zero-order chi connectivity index (χ0) is 23.3. The van der Waals surface area contributed by atoms with Gasteiger partial charge in [-0.2, -0.15) is 0 Å². The van der Waals surface area contributed by atoms with Gasteiger partial charge in [0.25, 0.3) is 0 Å². The maximum absolute atomic E-state index is 12.2. The van der Waals surface area contributed by atoms with Crippen molar-refractivity contribution in [1.29, 1.82) is 0 Å². The fourth-order valence-electron chi connectivity index (χ4n) is 2.46. The van der Waals surface area contributed by atoms with Crippen molar-refractivity contribution in [3.05, 3.63) is 71.3 Å². The molecule has 0 fully saturated rings. The molecule has 8 heteroatoms. The Hall–Kier alpha value is -2.64. The van der Waals surface area contributed by atoms with Gasteiger partial charge in [-0.15, -0.1) is 11.8 Å². The summed E-state index contributed by atoms with van der Waals surface area (Å²) in [6.45, 7) is 7.52. The number of aryl methyl sites for hydroxylation is 1. The second kappa shape index (κ2) is 13.7. The van der Waals surface area contributed by atoms with Gasteiger partial charge in [-0.3, -0.25) is 0 Å². The van der Waals surface area contributed by atoms with Gasteiger partial charge in [0.05, 0.1) is 6.54 Å². The van der Waals surface area contributed by atoms with Gasteiger partial charge in [0, 0.05) is 21.2 Å². The summed E-state index contributed by atoms with van der Waals surface area (Å²) < 4.78 is 16.3. The van der Waals surface area contributed by atoms with Crippen LogP contribution in [0.25, 0.3) is 0 Å². The Balaban J connectivity index is 1.87.